The van der Waals surface area contributed by atoms with E-state index in [1.54, 1.807) is 19.3 Å². The van der Waals surface area contributed by atoms with Gasteiger partial charge >= 0.3 is 0 Å². The highest BCUT2D eigenvalue weighted by molar-refractivity contribution is 7.89. The number of nitrogens with zero attached hydrogens (tertiary/aromatic N) is 2. The summed E-state index contributed by atoms with van der Waals surface area (Å²) in [7, 11) is -1.73. The highest BCUT2D eigenvalue weighted by atomic mass is 35.5. The maximum Gasteiger partial charge on any atom is 0.244 e. The van der Waals surface area contributed by atoms with E-state index in [2.05, 4.69) is 6.92 Å². The van der Waals surface area contributed by atoms with Gasteiger partial charge in [-0.05, 0) is 31.2 Å². The lowest BCUT2D eigenvalue weighted by molar-refractivity contribution is 0.444. The number of halogens is 1. The van der Waals surface area contributed by atoms with Crippen LogP contribution in [0.4, 0.5) is 0 Å². The summed E-state index contributed by atoms with van der Waals surface area (Å²) in [5.41, 5.74) is 0.843. The first-order chi connectivity index (χ1) is 8.90. The maximum absolute atomic E-state index is 12.5. The highest BCUT2D eigenvalue weighted by Gasteiger charge is 2.36. The number of hydrogen-bond acceptors (Lipinski definition) is 2. The molecule has 1 aromatic heterocycles. The van der Waals surface area contributed by atoms with Crippen molar-refractivity contribution in [3.05, 3.63) is 18.0 Å². The summed E-state index contributed by atoms with van der Waals surface area (Å²) in [5.74, 6) is 1.49. The number of hydrogen-bond donors (Lipinski definition) is 0. The predicted molar refractivity (Wildman–Crippen MR) is 76.7 cm³/mol. The average molecular weight is 305 g/mol. The zero-order valence-corrected chi connectivity index (χ0v) is 13.2. The van der Waals surface area contributed by atoms with Crippen molar-refractivity contribution >= 4 is 21.6 Å². The average Bonchev–Trinajstić information content (AvgIpc) is 2.92. The summed E-state index contributed by atoms with van der Waals surface area (Å²) in [6.45, 7) is 5.46. The molecule has 0 aromatic carbocycles. The zero-order valence-electron chi connectivity index (χ0n) is 11.6. The van der Waals surface area contributed by atoms with Gasteiger partial charge in [0.1, 0.15) is 4.90 Å². The van der Waals surface area contributed by atoms with Crippen molar-refractivity contribution in [2.24, 2.45) is 11.8 Å². The molecular weight excluding hydrogens is 284 g/mol. The zero-order chi connectivity index (χ0) is 14.2. The van der Waals surface area contributed by atoms with Crippen LogP contribution in [0.1, 0.15) is 26.0 Å². The SMILES string of the molecule is CCn1cc(S(=O)(=O)N(C)CC2CC2C)cc1CCl. The van der Waals surface area contributed by atoms with Crippen molar-refractivity contribution in [1.29, 1.82) is 0 Å². The Morgan fingerprint density at radius 1 is 1.53 bits per heavy atom. The number of aromatic nitrogens is 1. The van der Waals surface area contributed by atoms with E-state index in [1.807, 2.05) is 11.5 Å². The van der Waals surface area contributed by atoms with E-state index >= 15 is 0 Å². The second-order valence-corrected chi connectivity index (χ2v) is 7.66. The molecule has 0 aliphatic heterocycles. The second kappa shape index (κ2) is 5.46. The third-order valence-corrected chi connectivity index (χ3v) is 5.98. The predicted octanol–water partition coefficient (Wildman–Crippen LogP) is 2.52. The van der Waals surface area contributed by atoms with Crippen molar-refractivity contribution in [2.75, 3.05) is 13.6 Å². The maximum atomic E-state index is 12.5. The van der Waals surface area contributed by atoms with Gasteiger partial charge in [-0.1, -0.05) is 6.92 Å². The van der Waals surface area contributed by atoms with Crippen LogP contribution in [0.15, 0.2) is 17.2 Å². The van der Waals surface area contributed by atoms with E-state index in [1.165, 1.54) is 4.31 Å². The lowest BCUT2D eigenvalue weighted by atomic mass is 10.3. The smallest absolute Gasteiger partial charge is 0.244 e. The first kappa shape index (κ1) is 14.9. The van der Waals surface area contributed by atoms with Gasteiger partial charge in [-0.25, -0.2) is 12.7 Å². The van der Waals surface area contributed by atoms with Crippen LogP contribution in [0.2, 0.25) is 0 Å². The van der Waals surface area contributed by atoms with Gasteiger partial charge in [0.25, 0.3) is 0 Å². The molecule has 1 heterocycles. The van der Waals surface area contributed by atoms with Gasteiger partial charge < -0.3 is 4.57 Å². The molecule has 108 valence electrons. The molecule has 2 atom stereocenters. The summed E-state index contributed by atoms with van der Waals surface area (Å²) in [5, 5.41) is 0. The lowest BCUT2D eigenvalue weighted by Crippen LogP contribution is -2.29. The van der Waals surface area contributed by atoms with Crippen molar-refractivity contribution in [3.63, 3.8) is 0 Å². The Bertz CT molecular complexity index is 531. The third-order valence-electron chi connectivity index (χ3n) is 3.91. The number of rotatable bonds is 6. The Hall–Kier alpha value is -0.520. The molecule has 0 N–H and O–H groups in total. The fourth-order valence-electron chi connectivity index (χ4n) is 2.33. The molecule has 1 saturated carbocycles. The van der Waals surface area contributed by atoms with Crippen molar-refractivity contribution in [3.8, 4) is 0 Å². The molecule has 0 amide bonds. The van der Waals surface area contributed by atoms with E-state index < -0.39 is 10.0 Å². The van der Waals surface area contributed by atoms with Gasteiger partial charge in [0.15, 0.2) is 0 Å². The Balaban J connectivity index is 2.20. The van der Waals surface area contributed by atoms with E-state index in [4.69, 9.17) is 11.6 Å². The summed E-state index contributed by atoms with van der Waals surface area (Å²) in [4.78, 5) is 0.348. The molecule has 1 aliphatic carbocycles. The molecular formula is C13H21ClN2O2S. The number of alkyl halides is 1. The van der Waals surface area contributed by atoms with Crippen LogP contribution in [0.3, 0.4) is 0 Å². The summed E-state index contributed by atoms with van der Waals surface area (Å²) in [6.07, 6.45) is 2.81. The molecule has 0 spiro atoms. The fraction of sp³-hybridized carbons (Fsp3) is 0.692. The van der Waals surface area contributed by atoms with E-state index in [0.717, 1.165) is 18.7 Å². The fourth-order valence-corrected chi connectivity index (χ4v) is 3.86. The van der Waals surface area contributed by atoms with Crippen molar-refractivity contribution < 1.29 is 8.42 Å². The largest absolute Gasteiger partial charge is 0.349 e. The Morgan fingerprint density at radius 3 is 2.58 bits per heavy atom. The van der Waals surface area contributed by atoms with Crippen molar-refractivity contribution in [1.82, 2.24) is 8.87 Å². The third kappa shape index (κ3) is 2.98. The van der Waals surface area contributed by atoms with Gasteiger partial charge in [-0.3, -0.25) is 0 Å². The Morgan fingerprint density at radius 2 is 2.16 bits per heavy atom. The summed E-state index contributed by atoms with van der Waals surface area (Å²) in [6, 6.07) is 1.68. The first-order valence-electron chi connectivity index (χ1n) is 6.61. The Kier molecular flexibility index (Phi) is 4.28. The quantitative estimate of drug-likeness (QED) is 0.758. The van der Waals surface area contributed by atoms with Crippen LogP contribution in [0, 0.1) is 11.8 Å². The van der Waals surface area contributed by atoms with Gasteiger partial charge in [0.05, 0.1) is 5.88 Å². The second-order valence-electron chi connectivity index (χ2n) is 5.35. The molecule has 2 rings (SSSR count). The van der Waals surface area contributed by atoms with Crippen LogP contribution in [-0.4, -0.2) is 30.9 Å². The van der Waals surface area contributed by atoms with Gasteiger partial charge in [-0.2, -0.15) is 0 Å². The molecule has 0 radical (unpaired) electrons. The molecule has 19 heavy (non-hydrogen) atoms. The minimum absolute atomic E-state index is 0.326. The van der Waals surface area contributed by atoms with Gasteiger partial charge in [0, 0.05) is 32.0 Å². The number of sulfonamides is 1. The molecule has 4 nitrogen and oxygen atoms in total. The molecule has 0 saturated heterocycles. The topological polar surface area (TPSA) is 42.3 Å². The summed E-state index contributed by atoms with van der Waals surface area (Å²) >= 11 is 5.84. The van der Waals surface area contributed by atoms with Gasteiger partial charge in [-0.15, -0.1) is 11.6 Å². The van der Waals surface area contributed by atoms with Crippen LogP contribution >= 0.6 is 11.6 Å². The summed E-state index contributed by atoms with van der Waals surface area (Å²) < 4.78 is 28.3. The van der Waals surface area contributed by atoms with Gasteiger partial charge in [0.2, 0.25) is 10.0 Å². The van der Waals surface area contributed by atoms with Crippen molar-refractivity contribution in [2.45, 2.75) is 37.6 Å². The normalized spacial score (nSPS) is 23.0. The monoisotopic (exact) mass is 304 g/mol. The minimum atomic E-state index is -3.39. The van der Waals surface area contributed by atoms with Crippen LogP contribution in [0.25, 0.3) is 0 Å². The Labute approximate surface area is 120 Å². The van der Waals surface area contributed by atoms with Crippen LogP contribution in [-0.2, 0) is 22.4 Å². The van der Waals surface area contributed by atoms with E-state index in [-0.39, 0.29) is 0 Å². The van der Waals surface area contributed by atoms with Crippen LogP contribution < -0.4 is 0 Å². The van der Waals surface area contributed by atoms with E-state index in [0.29, 0.717) is 29.2 Å². The highest BCUT2D eigenvalue weighted by Crippen LogP contribution is 2.38. The van der Waals surface area contributed by atoms with E-state index in [9.17, 15) is 8.42 Å². The van der Waals surface area contributed by atoms with Crippen LogP contribution in [0.5, 0.6) is 0 Å². The molecule has 1 aromatic rings. The standard InChI is InChI=1S/C13H21ClN2O2S/c1-4-16-9-13(6-12(16)7-14)19(17,18)15(3)8-11-5-10(11)2/h6,9-11H,4-5,7-8H2,1-3H3. The molecule has 1 aliphatic rings. The molecule has 6 heteroatoms. The lowest BCUT2D eigenvalue weighted by Gasteiger charge is -2.15. The molecule has 2 unspecified atom stereocenters. The first-order valence-corrected chi connectivity index (χ1v) is 8.59. The molecule has 0 bridgehead atoms. The molecule has 1 fully saturated rings. The minimum Gasteiger partial charge on any atom is -0.349 e. The number of aryl methyl sites for hydroxylation is 1.